The average Bonchev–Trinajstić information content (AvgIpc) is 3.08. The lowest BCUT2D eigenvalue weighted by Gasteiger charge is -2.35. The number of nitrogens with zero attached hydrogens (tertiary/aromatic N) is 3. The van der Waals surface area contributed by atoms with Crippen LogP contribution in [0.2, 0.25) is 0 Å². The van der Waals surface area contributed by atoms with Gasteiger partial charge in [0.25, 0.3) is 0 Å². The summed E-state index contributed by atoms with van der Waals surface area (Å²) in [5, 5.41) is 8.98. The van der Waals surface area contributed by atoms with Gasteiger partial charge in [-0.15, -0.1) is 0 Å². The number of carbonyl (C=O) groups is 1. The van der Waals surface area contributed by atoms with Crippen LogP contribution in [0, 0.1) is 0 Å². The van der Waals surface area contributed by atoms with E-state index < -0.39 is 5.97 Å². The summed E-state index contributed by atoms with van der Waals surface area (Å²) in [5.41, 5.74) is 2.61. The van der Waals surface area contributed by atoms with E-state index in [1.807, 2.05) is 18.3 Å². The number of hydrogen-bond acceptors (Lipinski definition) is 4. The molecule has 134 valence electrons. The van der Waals surface area contributed by atoms with Crippen LogP contribution in [0.25, 0.3) is 0 Å². The molecule has 1 fully saturated rings. The van der Waals surface area contributed by atoms with Crippen LogP contribution in [0.1, 0.15) is 41.6 Å². The van der Waals surface area contributed by atoms with Crippen molar-refractivity contribution in [2.45, 2.75) is 32.7 Å². The summed E-state index contributed by atoms with van der Waals surface area (Å²) in [5.74, 6) is 0.211. The molecule has 0 saturated carbocycles. The number of benzene rings is 1. The molecule has 1 aromatic heterocycles. The molecular weight excluding hydrogens is 316 g/mol. The number of piperazine rings is 1. The van der Waals surface area contributed by atoms with Gasteiger partial charge in [-0.05, 0) is 30.7 Å². The van der Waals surface area contributed by atoms with E-state index in [1.54, 1.807) is 12.1 Å². The maximum Gasteiger partial charge on any atom is 0.335 e. The van der Waals surface area contributed by atoms with Crippen molar-refractivity contribution in [2.75, 3.05) is 31.1 Å². The molecule has 1 aromatic carbocycles. The Bertz CT molecular complexity index is 688. The van der Waals surface area contributed by atoms with Crippen LogP contribution in [0.4, 0.5) is 5.69 Å². The van der Waals surface area contributed by atoms with Crippen molar-refractivity contribution in [3.63, 3.8) is 0 Å². The highest BCUT2D eigenvalue weighted by molar-refractivity contribution is 5.88. The largest absolute Gasteiger partial charge is 0.478 e. The van der Waals surface area contributed by atoms with Crippen LogP contribution in [0.3, 0.4) is 0 Å². The minimum atomic E-state index is -0.880. The van der Waals surface area contributed by atoms with Gasteiger partial charge in [0.2, 0.25) is 0 Å². The van der Waals surface area contributed by atoms with Crippen LogP contribution < -0.4 is 4.90 Å². The first-order chi connectivity index (χ1) is 12.2. The molecule has 0 unspecified atom stereocenters. The van der Waals surface area contributed by atoms with Crippen molar-refractivity contribution in [3.05, 3.63) is 47.5 Å². The third-order valence-electron chi connectivity index (χ3n) is 4.69. The van der Waals surface area contributed by atoms with Gasteiger partial charge in [0.1, 0.15) is 5.82 Å². The lowest BCUT2D eigenvalue weighted by Crippen LogP contribution is -2.46. The van der Waals surface area contributed by atoms with E-state index in [1.165, 1.54) is 18.5 Å². The molecule has 0 atom stereocenters. The molecule has 2 N–H and O–H groups in total. The molecule has 2 aromatic rings. The van der Waals surface area contributed by atoms with E-state index in [0.29, 0.717) is 5.56 Å². The molecule has 0 spiro atoms. The molecule has 2 heterocycles. The minimum Gasteiger partial charge on any atom is -0.478 e. The van der Waals surface area contributed by atoms with Crippen LogP contribution in [0.15, 0.2) is 30.5 Å². The second kappa shape index (κ2) is 8.16. The third kappa shape index (κ3) is 4.60. The van der Waals surface area contributed by atoms with Crippen molar-refractivity contribution in [1.82, 2.24) is 14.9 Å². The number of nitrogens with one attached hydrogen (secondary N) is 1. The SMILES string of the molecule is CCCCc1ncc(CN2CCN(c3ccc(C(=O)O)cc3)CC2)[nH]1. The number of carboxylic acids is 1. The van der Waals surface area contributed by atoms with E-state index in [-0.39, 0.29) is 0 Å². The Morgan fingerprint density at radius 3 is 2.56 bits per heavy atom. The minimum absolute atomic E-state index is 0.334. The average molecular weight is 342 g/mol. The fourth-order valence-corrected chi connectivity index (χ4v) is 3.18. The Morgan fingerprint density at radius 2 is 1.92 bits per heavy atom. The van der Waals surface area contributed by atoms with Crippen LogP contribution in [0.5, 0.6) is 0 Å². The quantitative estimate of drug-likeness (QED) is 0.809. The molecule has 0 radical (unpaired) electrons. The molecular formula is C19H26N4O2. The second-order valence-corrected chi connectivity index (χ2v) is 6.57. The Labute approximate surface area is 148 Å². The maximum atomic E-state index is 10.9. The van der Waals surface area contributed by atoms with E-state index >= 15 is 0 Å². The molecule has 0 amide bonds. The zero-order valence-electron chi connectivity index (χ0n) is 14.7. The summed E-state index contributed by atoms with van der Waals surface area (Å²) in [6.07, 6.45) is 5.34. The van der Waals surface area contributed by atoms with Crippen LogP contribution in [-0.4, -0.2) is 52.1 Å². The summed E-state index contributed by atoms with van der Waals surface area (Å²) in [6, 6.07) is 7.14. The van der Waals surface area contributed by atoms with E-state index in [2.05, 4.69) is 26.7 Å². The predicted molar refractivity (Wildman–Crippen MR) is 98.1 cm³/mol. The third-order valence-corrected chi connectivity index (χ3v) is 4.69. The van der Waals surface area contributed by atoms with Gasteiger partial charge >= 0.3 is 5.97 Å². The zero-order chi connectivity index (χ0) is 17.6. The fourth-order valence-electron chi connectivity index (χ4n) is 3.18. The topological polar surface area (TPSA) is 72.5 Å². The van der Waals surface area contributed by atoms with Gasteiger partial charge in [-0.25, -0.2) is 9.78 Å². The van der Waals surface area contributed by atoms with Gasteiger partial charge in [0, 0.05) is 56.7 Å². The second-order valence-electron chi connectivity index (χ2n) is 6.57. The predicted octanol–water partition coefficient (Wildman–Crippen LogP) is 2.77. The number of aromatic nitrogens is 2. The van der Waals surface area contributed by atoms with Crippen molar-refractivity contribution in [2.24, 2.45) is 0 Å². The Morgan fingerprint density at radius 1 is 1.20 bits per heavy atom. The molecule has 0 bridgehead atoms. The van der Waals surface area contributed by atoms with Gasteiger partial charge in [-0.2, -0.15) is 0 Å². The number of aromatic carboxylic acids is 1. The Hall–Kier alpha value is -2.34. The monoisotopic (exact) mass is 342 g/mol. The first-order valence-electron chi connectivity index (χ1n) is 8.99. The first-order valence-corrected chi connectivity index (χ1v) is 8.99. The first kappa shape index (κ1) is 17.5. The lowest BCUT2D eigenvalue weighted by atomic mass is 10.2. The van der Waals surface area contributed by atoms with Gasteiger partial charge in [-0.1, -0.05) is 13.3 Å². The smallest absolute Gasteiger partial charge is 0.335 e. The van der Waals surface area contributed by atoms with Gasteiger partial charge in [0.15, 0.2) is 0 Å². The summed E-state index contributed by atoms with van der Waals surface area (Å²) < 4.78 is 0. The molecule has 1 aliphatic heterocycles. The van der Waals surface area contributed by atoms with Crippen molar-refractivity contribution in [3.8, 4) is 0 Å². The van der Waals surface area contributed by atoms with Gasteiger partial charge in [0.05, 0.1) is 5.56 Å². The number of hydrogen-bond donors (Lipinski definition) is 2. The molecule has 6 nitrogen and oxygen atoms in total. The maximum absolute atomic E-state index is 10.9. The zero-order valence-corrected chi connectivity index (χ0v) is 14.7. The number of rotatable bonds is 7. The Balaban J connectivity index is 1.49. The number of imidazole rings is 1. The lowest BCUT2D eigenvalue weighted by molar-refractivity contribution is 0.0697. The van der Waals surface area contributed by atoms with Gasteiger partial charge in [-0.3, -0.25) is 4.90 Å². The fraction of sp³-hybridized carbons (Fsp3) is 0.474. The summed E-state index contributed by atoms with van der Waals surface area (Å²) in [7, 11) is 0. The normalized spacial score (nSPS) is 15.5. The molecule has 1 saturated heterocycles. The Kier molecular flexibility index (Phi) is 5.71. The summed E-state index contributed by atoms with van der Waals surface area (Å²) >= 11 is 0. The molecule has 3 rings (SSSR count). The number of carboxylic acid groups (broad SMARTS) is 1. The molecule has 1 aliphatic rings. The van der Waals surface area contributed by atoms with Crippen molar-refractivity contribution in [1.29, 1.82) is 0 Å². The number of unbranched alkanes of at least 4 members (excludes halogenated alkanes) is 1. The summed E-state index contributed by atoms with van der Waals surface area (Å²) in [6.45, 7) is 6.98. The van der Waals surface area contributed by atoms with Crippen molar-refractivity contribution >= 4 is 11.7 Å². The van der Waals surface area contributed by atoms with E-state index in [4.69, 9.17) is 5.11 Å². The highest BCUT2D eigenvalue weighted by atomic mass is 16.4. The van der Waals surface area contributed by atoms with Crippen LogP contribution >= 0.6 is 0 Å². The number of aryl methyl sites for hydroxylation is 1. The number of anilines is 1. The van der Waals surface area contributed by atoms with Crippen LogP contribution in [-0.2, 0) is 13.0 Å². The molecule has 25 heavy (non-hydrogen) atoms. The van der Waals surface area contributed by atoms with Crippen molar-refractivity contribution < 1.29 is 9.90 Å². The number of H-pyrrole nitrogens is 1. The highest BCUT2D eigenvalue weighted by Gasteiger charge is 2.18. The summed E-state index contributed by atoms with van der Waals surface area (Å²) in [4.78, 5) is 23.6. The molecule has 0 aliphatic carbocycles. The molecule has 6 heteroatoms. The number of aromatic amines is 1. The standard InChI is InChI=1S/C19H26N4O2/c1-2-3-4-18-20-13-16(21-18)14-22-9-11-23(12-10-22)17-7-5-15(6-8-17)19(24)25/h5-8,13H,2-4,9-12,14H2,1H3,(H,20,21)(H,24,25). The highest BCUT2D eigenvalue weighted by Crippen LogP contribution is 2.18. The van der Waals surface area contributed by atoms with E-state index in [0.717, 1.165) is 50.7 Å². The van der Waals surface area contributed by atoms with Gasteiger partial charge < -0.3 is 15.0 Å². The van der Waals surface area contributed by atoms with E-state index in [9.17, 15) is 4.79 Å².